The second-order valence-corrected chi connectivity index (χ2v) is 5.09. The third-order valence-corrected chi connectivity index (χ3v) is 2.43. The van der Waals surface area contributed by atoms with Crippen LogP contribution in [0.3, 0.4) is 0 Å². The Morgan fingerprint density at radius 2 is 2.12 bits per heavy atom. The minimum Gasteiger partial charge on any atom is -0.476 e. The molecule has 0 aromatic carbocycles. The van der Waals surface area contributed by atoms with Crippen molar-refractivity contribution in [2.75, 3.05) is 13.7 Å². The minimum absolute atomic E-state index is 0.0143. The Labute approximate surface area is 101 Å². The van der Waals surface area contributed by atoms with E-state index in [1.165, 1.54) is 0 Å². The highest BCUT2D eigenvalue weighted by molar-refractivity contribution is 5.86. The zero-order chi connectivity index (χ0) is 13.2. The van der Waals surface area contributed by atoms with Crippen molar-refractivity contribution in [3.05, 3.63) is 11.4 Å². The average molecular weight is 241 g/mol. The Morgan fingerprint density at radius 1 is 1.53 bits per heavy atom. The highest BCUT2D eigenvalue weighted by Crippen LogP contribution is 2.26. The summed E-state index contributed by atoms with van der Waals surface area (Å²) in [6.45, 7) is 8.20. The van der Waals surface area contributed by atoms with Crippen LogP contribution in [0.25, 0.3) is 0 Å². The number of hydrogen-bond donors (Lipinski definition) is 1. The Morgan fingerprint density at radius 3 is 2.53 bits per heavy atom. The second kappa shape index (κ2) is 4.83. The molecule has 1 rings (SSSR count). The van der Waals surface area contributed by atoms with Gasteiger partial charge in [-0.2, -0.15) is 0 Å². The Hall–Kier alpha value is -1.43. The smallest absolute Gasteiger partial charge is 0.358 e. The van der Waals surface area contributed by atoms with Crippen LogP contribution in [0, 0.1) is 0 Å². The number of hydrogen-bond acceptors (Lipinski definition) is 4. The first-order valence-corrected chi connectivity index (χ1v) is 5.47. The molecule has 0 saturated carbocycles. The van der Waals surface area contributed by atoms with Crippen LogP contribution in [0.5, 0.6) is 0 Å². The normalized spacial score (nSPS) is 13.7. The van der Waals surface area contributed by atoms with E-state index in [-0.39, 0.29) is 17.2 Å². The SMILES string of the molecule is COCC(C)n1nnc(C(=O)O)c1C(C)(C)C. The molecule has 0 amide bonds. The summed E-state index contributed by atoms with van der Waals surface area (Å²) in [6.07, 6.45) is 0. The van der Waals surface area contributed by atoms with Crippen LogP contribution in [0.4, 0.5) is 0 Å². The van der Waals surface area contributed by atoms with E-state index in [4.69, 9.17) is 9.84 Å². The van der Waals surface area contributed by atoms with Crippen LogP contribution in [-0.4, -0.2) is 39.8 Å². The molecule has 1 heterocycles. The summed E-state index contributed by atoms with van der Waals surface area (Å²) in [4.78, 5) is 11.1. The number of aromatic nitrogens is 3. The molecule has 17 heavy (non-hydrogen) atoms. The van der Waals surface area contributed by atoms with E-state index in [0.717, 1.165) is 0 Å². The van der Waals surface area contributed by atoms with Crippen LogP contribution in [0.2, 0.25) is 0 Å². The van der Waals surface area contributed by atoms with Crippen molar-refractivity contribution in [3.8, 4) is 0 Å². The monoisotopic (exact) mass is 241 g/mol. The average Bonchev–Trinajstić information content (AvgIpc) is 2.61. The van der Waals surface area contributed by atoms with Gasteiger partial charge in [-0.25, -0.2) is 9.48 Å². The van der Waals surface area contributed by atoms with Crippen LogP contribution < -0.4 is 0 Å². The first-order valence-electron chi connectivity index (χ1n) is 5.47. The van der Waals surface area contributed by atoms with Crippen LogP contribution in [0.1, 0.15) is 49.9 Å². The Balaban J connectivity index is 3.28. The number of methoxy groups -OCH3 is 1. The molecule has 0 spiro atoms. The zero-order valence-corrected chi connectivity index (χ0v) is 10.9. The van der Waals surface area contributed by atoms with Gasteiger partial charge in [-0.3, -0.25) is 0 Å². The highest BCUT2D eigenvalue weighted by atomic mass is 16.5. The maximum absolute atomic E-state index is 11.1. The fourth-order valence-corrected chi connectivity index (χ4v) is 1.76. The quantitative estimate of drug-likeness (QED) is 0.864. The summed E-state index contributed by atoms with van der Waals surface area (Å²) in [5.74, 6) is -1.05. The molecule has 0 aliphatic heterocycles. The number of ether oxygens (including phenoxy) is 1. The molecule has 1 atom stereocenters. The largest absolute Gasteiger partial charge is 0.476 e. The van der Waals surface area contributed by atoms with Crippen molar-refractivity contribution in [2.45, 2.75) is 39.2 Å². The van der Waals surface area contributed by atoms with Gasteiger partial charge in [-0.15, -0.1) is 5.10 Å². The fraction of sp³-hybridized carbons (Fsp3) is 0.727. The summed E-state index contributed by atoms with van der Waals surface area (Å²) in [5, 5.41) is 16.8. The van der Waals surface area contributed by atoms with Crippen LogP contribution in [0.15, 0.2) is 0 Å². The molecule has 0 fully saturated rings. The van der Waals surface area contributed by atoms with Crippen molar-refractivity contribution < 1.29 is 14.6 Å². The lowest BCUT2D eigenvalue weighted by molar-refractivity contribution is 0.0687. The number of nitrogens with zero attached hydrogens (tertiary/aromatic N) is 3. The third kappa shape index (κ3) is 2.82. The number of carboxylic acids is 1. The number of carboxylic acid groups (broad SMARTS) is 1. The minimum atomic E-state index is -1.05. The van der Waals surface area contributed by atoms with Crippen molar-refractivity contribution in [1.29, 1.82) is 0 Å². The van der Waals surface area contributed by atoms with Crippen LogP contribution in [-0.2, 0) is 10.2 Å². The number of aromatic carboxylic acids is 1. The second-order valence-electron chi connectivity index (χ2n) is 5.09. The van der Waals surface area contributed by atoms with Gasteiger partial charge in [-0.05, 0) is 6.92 Å². The van der Waals surface area contributed by atoms with Gasteiger partial charge in [0.1, 0.15) is 0 Å². The maximum Gasteiger partial charge on any atom is 0.358 e. The summed E-state index contributed by atoms with van der Waals surface area (Å²) in [6, 6.07) is -0.0465. The molecular weight excluding hydrogens is 222 g/mol. The molecule has 0 radical (unpaired) electrons. The third-order valence-electron chi connectivity index (χ3n) is 2.43. The van der Waals surface area contributed by atoms with Gasteiger partial charge in [0.05, 0.1) is 18.3 Å². The molecule has 1 N–H and O–H groups in total. The molecule has 0 aliphatic carbocycles. The predicted octanol–water partition coefficient (Wildman–Crippen LogP) is 1.48. The van der Waals surface area contributed by atoms with Gasteiger partial charge in [-0.1, -0.05) is 26.0 Å². The number of carbonyl (C=O) groups is 1. The lowest BCUT2D eigenvalue weighted by atomic mass is 9.90. The van der Waals surface area contributed by atoms with E-state index in [2.05, 4.69) is 10.3 Å². The lowest BCUT2D eigenvalue weighted by Gasteiger charge is -2.23. The Bertz CT molecular complexity index is 407. The summed E-state index contributed by atoms with van der Waals surface area (Å²) >= 11 is 0. The molecule has 0 aliphatic rings. The van der Waals surface area contributed by atoms with Crippen molar-refractivity contribution in [1.82, 2.24) is 15.0 Å². The molecule has 0 saturated heterocycles. The van der Waals surface area contributed by atoms with Gasteiger partial charge in [0, 0.05) is 12.5 Å². The van der Waals surface area contributed by atoms with E-state index in [1.807, 2.05) is 27.7 Å². The topological polar surface area (TPSA) is 77.2 Å². The molecule has 0 bridgehead atoms. The molecule has 1 aromatic heterocycles. The predicted molar refractivity (Wildman–Crippen MR) is 62.3 cm³/mol. The first kappa shape index (κ1) is 13.6. The molecule has 6 nitrogen and oxygen atoms in total. The summed E-state index contributed by atoms with van der Waals surface area (Å²) < 4.78 is 6.69. The number of rotatable bonds is 4. The van der Waals surface area contributed by atoms with Crippen molar-refractivity contribution in [2.24, 2.45) is 0 Å². The van der Waals surface area contributed by atoms with Crippen molar-refractivity contribution in [3.63, 3.8) is 0 Å². The molecule has 1 unspecified atom stereocenters. The van der Waals surface area contributed by atoms with Gasteiger partial charge in [0.15, 0.2) is 5.69 Å². The van der Waals surface area contributed by atoms with Gasteiger partial charge in [0.25, 0.3) is 0 Å². The van der Waals surface area contributed by atoms with Gasteiger partial charge in [0.2, 0.25) is 0 Å². The van der Waals surface area contributed by atoms with Crippen LogP contribution >= 0.6 is 0 Å². The first-order chi connectivity index (χ1) is 7.79. The van der Waals surface area contributed by atoms with E-state index in [9.17, 15) is 4.79 Å². The summed E-state index contributed by atoms with van der Waals surface area (Å²) in [5.41, 5.74) is 0.300. The lowest BCUT2D eigenvalue weighted by Crippen LogP contribution is -2.25. The highest BCUT2D eigenvalue weighted by Gasteiger charge is 2.30. The fourth-order valence-electron chi connectivity index (χ4n) is 1.76. The zero-order valence-electron chi connectivity index (χ0n) is 10.9. The van der Waals surface area contributed by atoms with Gasteiger partial charge >= 0.3 is 5.97 Å². The van der Waals surface area contributed by atoms with E-state index < -0.39 is 5.97 Å². The maximum atomic E-state index is 11.1. The molecular formula is C11H19N3O3. The van der Waals surface area contributed by atoms with E-state index >= 15 is 0 Å². The van der Waals surface area contributed by atoms with Crippen molar-refractivity contribution >= 4 is 5.97 Å². The van der Waals surface area contributed by atoms with E-state index in [0.29, 0.717) is 12.3 Å². The molecule has 96 valence electrons. The standard InChI is InChI=1S/C11H19N3O3/c1-7(6-17-5)14-9(11(2,3)4)8(10(15)16)12-13-14/h7H,6H2,1-5H3,(H,15,16). The van der Waals surface area contributed by atoms with E-state index in [1.54, 1.807) is 11.8 Å². The van der Waals surface area contributed by atoms with Gasteiger partial charge < -0.3 is 9.84 Å². The Kier molecular flexibility index (Phi) is 3.87. The molecule has 6 heteroatoms. The summed E-state index contributed by atoms with van der Waals surface area (Å²) in [7, 11) is 1.60. The molecule has 1 aromatic rings.